The van der Waals surface area contributed by atoms with Crippen molar-refractivity contribution in [1.82, 2.24) is 9.13 Å². The van der Waals surface area contributed by atoms with E-state index in [0.717, 1.165) is 34.2 Å². The monoisotopic (exact) mass is 1330 g/mol. The van der Waals surface area contributed by atoms with E-state index in [2.05, 4.69) is 28.9 Å². The zero-order chi connectivity index (χ0) is 86.4. The van der Waals surface area contributed by atoms with Crippen molar-refractivity contribution < 1.29 is 39.6 Å². The Bertz CT molecular complexity index is 7350. The van der Waals surface area contributed by atoms with Crippen LogP contribution in [-0.4, -0.2) is 29.3 Å². The Kier molecular flexibility index (Phi) is 8.39. The topological polar surface area (TPSA) is 34.8 Å². The molecule has 0 atom stereocenters. The lowest BCUT2D eigenvalue weighted by Gasteiger charge is -2.48. The van der Waals surface area contributed by atoms with Gasteiger partial charge in [-0.25, -0.2) is 0 Å². The highest BCUT2D eigenvalue weighted by Crippen LogP contribution is 2.56. The maximum absolute atomic E-state index is 10.4. The van der Waals surface area contributed by atoms with Gasteiger partial charge in [0.05, 0.1) is 52.6 Å². The average Bonchev–Trinajstić information content (AvgIpc) is 1.65. The first-order valence-corrected chi connectivity index (χ1v) is 34.6. The molecule has 0 radical (unpaired) electrons. The number of ether oxygens (including phenoxy) is 2. The standard InChI is InChI=1S/C94H61B3N4O2/c1-2-3-28-57-53-76-84-77(54-57)101(90-64(60-33-12-6-13-34-60)41-25-42-65(90)61-35-14-7-15-36-61)81-56-79-86-94(103-83-52-23-19-46-71(83)96(86)73-48-27-44-69-67-38-17-21-50-75(67)99(79)92(69)73)88(81)97(84)87-80(100(76)89-62(58-29-8-4-9-30-58)39-24-40-63(89)59-31-10-5-11-32-59)55-78-85-93(87)102-82-51-22-18-45-70(82)95(85)72-47-26-43-68-66-37-16-20-49-74(66)98(78)91(68)72/h4-27,29-56H,2-3,28H2,1H3/i16D,17D,18D,19D,20D,21D,22D,23D,26D,27D,37D,38D,43D,44D,45D,46D,47D,48D,49D,50D,51D,52D. The highest BCUT2D eigenvalue weighted by Gasteiger charge is 2.54. The Hall–Kier alpha value is -12.7. The van der Waals surface area contributed by atoms with E-state index in [4.69, 9.17) is 9.47 Å². The van der Waals surface area contributed by atoms with Gasteiger partial charge in [-0.3, -0.25) is 0 Å². The lowest BCUT2D eigenvalue weighted by atomic mass is 9.28. The Morgan fingerprint density at radius 1 is 0.330 bits per heavy atom. The van der Waals surface area contributed by atoms with E-state index < -0.39 is 153 Å². The predicted molar refractivity (Wildman–Crippen MR) is 432 cm³/mol. The zero-order valence-corrected chi connectivity index (χ0v) is 54.8. The van der Waals surface area contributed by atoms with E-state index in [0.29, 0.717) is 63.3 Å². The molecular formula is C94H61B3N4O2. The maximum Gasteiger partial charge on any atom is 0.261 e. The van der Waals surface area contributed by atoms with E-state index in [1.54, 1.807) is 9.13 Å². The number of aryl methyl sites for hydroxylation is 1. The molecule has 15 aromatic carbocycles. The van der Waals surface area contributed by atoms with Crippen LogP contribution in [0.1, 0.15) is 55.5 Å². The number of hydrogen-bond donors (Lipinski definition) is 0. The van der Waals surface area contributed by atoms with Crippen LogP contribution in [0.4, 0.5) is 34.1 Å². The fourth-order valence-electron chi connectivity index (χ4n) is 17.8. The molecule has 0 amide bonds. The van der Waals surface area contributed by atoms with Gasteiger partial charge in [0.2, 0.25) is 0 Å². The molecule has 6 nitrogen and oxygen atoms in total. The molecule has 103 heavy (non-hydrogen) atoms. The van der Waals surface area contributed by atoms with Crippen LogP contribution in [0.2, 0.25) is 0 Å². The number of anilines is 6. The van der Waals surface area contributed by atoms with E-state index in [1.165, 1.54) is 0 Å². The van der Waals surface area contributed by atoms with Crippen molar-refractivity contribution >= 4 is 147 Å². The molecule has 6 aliphatic heterocycles. The van der Waals surface area contributed by atoms with Crippen molar-refractivity contribution in [3.8, 4) is 78.9 Å². The summed E-state index contributed by atoms with van der Waals surface area (Å²) in [7, 11) is 0. The Morgan fingerprint density at radius 2 is 0.689 bits per heavy atom. The SMILES string of the molecule is [2H]c1c([2H])c([2H])c2c(c1[2H])Oc1c3c(cc4c1B2c1c([2H])c([2H])c([2H])c2c5c([2H])c([2H])c([2H])c([2H])c5n-4c12)N(c1c(-c2ccccc2)cccc1-c1ccccc1)c1cc(CCCC)cc2c1B3c1c(cc3c4c1Oc1c([2H])c([2H])c([2H])c([2H])c1B4c1c([2H])c([2H])c([2H])c4c5c([2H])c([2H])c([2H])c([2H])c5n-3c14)N2c1c(-c2ccccc2)cccc1-c1ccccc1. The minimum absolute atomic E-state index is 0.00539. The number of nitrogens with zero attached hydrogens (tertiary/aromatic N) is 4. The summed E-state index contributed by atoms with van der Waals surface area (Å²) in [5.74, 6) is -0.961. The van der Waals surface area contributed by atoms with Gasteiger partial charge < -0.3 is 28.4 Å². The molecular weight excluding hydrogens is 1250 g/mol. The first kappa shape index (κ1) is 39.9. The van der Waals surface area contributed by atoms with E-state index in [-0.39, 0.29) is 133 Å². The fraction of sp³-hybridized carbons (Fsp3) is 0.0426. The molecule has 0 bridgehead atoms. The molecule has 17 aromatic rings. The lowest BCUT2D eigenvalue weighted by molar-refractivity contribution is 0.490. The van der Waals surface area contributed by atoms with Gasteiger partial charge in [-0.2, -0.15) is 0 Å². The molecule has 0 saturated carbocycles. The van der Waals surface area contributed by atoms with Gasteiger partial charge in [0.25, 0.3) is 20.1 Å². The number of fused-ring (bicyclic) bond motifs is 20. The lowest BCUT2D eigenvalue weighted by Crippen LogP contribution is -2.67. The minimum Gasteiger partial charge on any atom is -0.459 e. The summed E-state index contributed by atoms with van der Waals surface area (Å²) in [6.07, 6.45) is 1.85. The Morgan fingerprint density at radius 3 is 1.11 bits per heavy atom. The predicted octanol–water partition coefficient (Wildman–Crippen LogP) is 17.8. The molecule has 0 N–H and O–H groups in total. The summed E-state index contributed by atoms with van der Waals surface area (Å²) < 4.78 is 237. The van der Waals surface area contributed by atoms with E-state index >= 15 is 0 Å². The van der Waals surface area contributed by atoms with Crippen LogP contribution < -0.4 is 68.4 Å². The van der Waals surface area contributed by atoms with Gasteiger partial charge in [0, 0.05) is 89.0 Å². The molecule has 2 aromatic heterocycles. The third kappa shape index (κ3) is 7.80. The van der Waals surface area contributed by atoms with Crippen molar-refractivity contribution in [3.05, 3.63) is 320 Å². The molecule has 478 valence electrons. The first-order valence-electron chi connectivity index (χ1n) is 45.6. The molecule has 0 saturated heterocycles. The van der Waals surface area contributed by atoms with Crippen LogP contribution >= 0.6 is 0 Å². The van der Waals surface area contributed by atoms with Crippen molar-refractivity contribution in [2.75, 3.05) is 9.80 Å². The third-order valence-corrected chi connectivity index (χ3v) is 21.8. The number of aromatic nitrogens is 2. The van der Waals surface area contributed by atoms with Crippen molar-refractivity contribution in [2.24, 2.45) is 0 Å². The summed E-state index contributed by atoms with van der Waals surface area (Å²) in [6.45, 7) is -2.45. The average molecular weight is 1330 g/mol. The van der Waals surface area contributed by atoms with Gasteiger partial charge >= 0.3 is 0 Å². The quantitative estimate of drug-likeness (QED) is 0.135. The second-order valence-electron chi connectivity index (χ2n) is 27.0. The summed E-state index contributed by atoms with van der Waals surface area (Å²) in [5.41, 5.74) is 10.1. The smallest absolute Gasteiger partial charge is 0.261 e. The van der Waals surface area contributed by atoms with Gasteiger partial charge in [-0.05, 0) is 138 Å². The Balaban J connectivity index is 1.01. The minimum atomic E-state index is -1.57. The number of para-hydroxylation sites is 8. The molecule has 0 spiro atoms. The fourth-order valence-corrected chi connectivity index (χ4v) is 17.8. The molecule has 23 rings (SSSR count). The number of benzene rings is 15. The van der Waals surface area contributed by atoms with Crippen LogP contribution in [0.5, 0.6) is 23.0 Å². The second-order valence-corrected chi connectivity index (χ2v) is 27.0. The van der Waals surface area contributed by atoms with Crippen LogP contribution in [0.15, 0.2) is 315 Å². The van der Waals surface area contributed by atoms with Crippen LogP contribution in [0, 0.1) is 0 Å². The maximum atomic E-state index is 10.4. The first-order chi connectivity index (χ1) is 60.3. The van der Waals surface area contributed by atoms with E-state index in [9.17, 15) is 30.2 Å². The normalized spacial score (nSPS) is 16.5. The van der Waals surface area contributed by atoms with Crippen molar-refractivity contribution in [2.45, 2.75) is 26.2 Å². The molecule has 9 heteroatoms. The largest absolute Gasteiger partial charge is 0.459 e. The van der Waals surface area contributed by atoms with Crippen LogP contribution in [0.25, 0.3) is 99.5 Å². The highest BCUT2D eigenvalue weighted by atomic mass is 16.5. The van der Waals surface area contributed by atoms with Crippen LogP contribution in [0.3, 0.4) is 0 Å². The number of hydrogen-bond acceptors (Lipinski definition) is 4. The third-order valence-electron chi connectivity index (χ3n) is 21.8. The van der Waals surface area contributed by atoms with Gasteiger partial charge in [0.15, 0.2) is 0 Å². The molecule has 8 heterocycles. The summed E-state index contributed by atoms with van der Waals surface area (Å²) in [5, 5.41) is -0.544. The highest BCUT2D eigenvalue weighted by molar-refractivity contribution is 7.05. The number of rotatable bonds is 9. The van der Waals surface area contributed by atoms with Crippen LogP contribution in [-0.2, 0) is 6.42 Å². The van der Waals surface area contributed by atoms with Gasteiger partial charge in [-0.15, -0.1) is 0 Å². The van der Waals surface area contributed by atoms with Gasteiger partial charge in [-0.1, -0.05) is 280 Å². The summed E-state index contributed by atoms with van der Waals surface area (Å²) in [6, 6.07) is 45.9. The molecule has 0 fully saturated rings. The zero-order valence-electron chi connectivity index (χ0n) is 76.8. The number of unbranched alkanes of at least 4 members (excludes halogenated alkanes) is 1. The second kappa shape index (κ2) is 21.7. The Labute approximate surface area is 628 Å². The van der Waals surface area contributed by atoms with Gasteiger partial charge in [0.1, 0.15) is 23.0 Å². The van der Waals surface area contributed by atoms with Crippen molar-refractivity contribution in [1.29, 1.82) is 0 Å². The summed E-state index contributed by atoms with van der Waals surface area (Å²) in [4.78, 5) is 4.33. The van der Waals surface area contributed by atoms with Crippen molar-refractivity contribution in [3.63, 3.8) is 0 Å². The molecule has 0 unspecified atom stereocenters. The van der Waals surface area contributed by atoms with E-state index in [1.807, 2.05) is 170 Å². The summed E-state index contributed by atoms with van der Waals surface area (Å²) >= 11 is 0. The molecule has 6 aliphatic rings. The molecule has 0 aliphatic carbocycles.